The van der Waals surface area contributed by atoms with Crippen molar-refractivity contribution in [3.05, 3.63) is 18.2 Å². The van der Waals surface area contributed by atoms with Crippen molar-refractivity contribution in [2.75, 3.05) is 39.4 Å². The Kier molecular flexibility index (Phi) is 33.5. The zero-order valence-corrected chi connectivity index (χ0v) is 33.7. The van der Waals surface area contributed by atoms with Crippen LogP contribution in [0.3, 0.4) is 0 Å². The van der Waals surface area contributed by atoms with Crippen LogP contribution in [0.2, 0.25) is 0 Å². The summed E-state index contributed by atoms with van der Waals surface area (Å²) in [6.45, 7) is 9.67. The van der Waals surface area contributed by atoms with E-state index >= 15 is 0 Å². The zero-order chi connectivity index (χ0) is 36.2. The predicted molar refractivity (Wildman–Crippen MR) is 216 cm³/mol. The van der Waals surface area contributed by atoms with Gasteiger partial charge in [-0.1, -0.05) is 181 Å². The highest BCUT2D eigenvalue weighted by Gasteiger charge is 2.15. The van der Waals surface area contributed by atoms with Crippen molar-refractivity contribution in [2.24, 2.45) is 12.8 Å². The molecule has 3 N–H and O–H groups in total. The molecule has 7 nitrogen and oxygen atoms in total. The highest BCUT2D eigenvalue weighted by Crippen LogP contribution is 2.15. The smallest absolute Gasteiger partial charge is 0.237 e. The van der Waals surface area contributed by atoms with E-state index in [-0.39, 0.29) is 5.91 Å². The number of aryl methyl sites for hydroxylation is 1. The number of amides is 1. The van der Waals surface area contributed by atoms with Crippen LogP contribution in [0.4, 0.5) is 0 Å². The number of nitrogens with zero attached hydrogens (tertiary/aromatic N) is 3. The third kappa shape index (κ3) is 29.2. The second kappa shape index (κ2) is 35.9. The van der Waals surface area contributed by atoms with Gasteiger partial charge in [-0.15, -0.1) is 0 Å². The van der Waals surface area contributed by atoms with E-state index in [4.69, 9.17) is 10.5 Å². The molecule has 1 aromatic heterocycles. The molecule has 0 spiro atoms. The molecule has 1 amide bonds. The maximum atomic E-state index is 12.4. The van der Waals surface area contributed by atoms with Crippen LogP contribution in [0.25, 0.3) is 0 Å². The van der Waals surface area contributed by atoms with Gasteiger partial charge in [0.1, 0.15) is 0 Å². The van der Waals surface area contributed by atoms with E-state index in [0.29, 0.717) is 26.2 Å². The Balaban J connectivity index is 2.17. The minimum absolute atomic E-state index is 0.132. The molecular formula is C43H85N5O2. The summed E-state index contributed by atoms with van der Waals surface area (Å²) in [6.07, 6.45) is 43.3. The van der Waals surface area contributed by atoms with Crippen molar-refractivity contribution in [2.45, 2.75) is 206 Å². The van der Waals surface area contributed by atoms with Crippen molar-refractivity contribution < 1.29 is 9.53 Å². The minimum Gasteiger partial charge on any atom is -0.378 e. The number of nitrogens with two attached hydrogens (primary N) is 1. The zero-order valence-electron chi connectivity index (χ0n) is 33.7. The van der Waals surface area contributed by atoms with Gasteiger partial charge in [0.2, 0.25) is 5.91 Å². The average Bonchev–Trinajstić information content (AvgIpc) is 3.52. The highest BCUT2D eigenvalue weighted by molar-refractivity contribution is 5.81. The van der Waals surface area contributed by atoms with E-state index in [1.165, 1.54) is 193 Å². The van der Waals surface area contributed by atoms with Crippen molar-refractivity contribution in [1.29, 1.82) is 0 Å². The molecule has 0 aromatic carbocycles. The second-order valence-electron chi connectivity index (χ2n) is 15.2. The number of aromatic nitrogens is 2. The summed E-state index contributed by atoms with van der Waals surface area (Å²) in [6, 6.07) is -0.573. The van der Waals surface area contributed by atoms with Crippen LogP contribution in [0.1, 0.15) is 199 Å². The summed E-state index contributed by atoms with van der Waals surface area (Å²) in [5, 5.41) is 2.93. The number of hydrogen-bond acceptors (Lipinski definition) is 5. The Labute approximate surface area is 311 Å². The van der Waals surface area contributed by atoms with E-state index in [1.807, 2.05) is 11.6 Å². The molecule has 0 saturated carbocycles. The molecule has 0 aliphatic carbocycles. The van der Waals surface area contributed by atoms with E-state index in [2.05, 4.69) is 29.0 Å². The van der Waals surface area contributed by atoms with E-state index in [0.717, 1.165) is 12.2 Å². The van der Waals surface area contributed by atoms with Gasteiger partial charge in [-0.3, -0.25) is 4.79 Å². The maximum Gasteiger partial charge on any atom is 0.237 e. The van der Waals surface area contributed by atoms with Crippen LogP contribution in [0, 0.1) is 0 Å². The Morgan fingerprint density at radius 2 is 1.06 bits per heavy atom. The van der Waals surface area contributed by atoms with Crippen LogP contribution in [-0.4, -0.2) is 65.8 Å². The lowest BCUT2D eigenvalue weighted by molar-refractivity contribution is -0.122. The fraction of sp³-hybridized carbons (Fsp3) is 0.907. The molecule has 1 rings (SSSR count). The SMILES string of the molecule is CCCCCCCCCCCCCCCCN(CCCCCCCCCCCCCCCC)CCOCCNC(=O)C(N)Cc1cncn1C. The molecule has 294 valence electrons. The van der Waals surface area contributed by atoms with Crippen LogP contribution in [0.5, 0.6) is 0 Å². The number of hydrogen-bond donors (Lipinski definition) is 2. The Hall–Kier alpha value is -1.44. The molecule has 0 aliphatic heterocycles. The van der Waals surface area contributed by atoms with Crippen LogP contribution in [0.15, 0.2) is 12.5 Å². The summed E-state index contributed by atoms with van der Waals surface area (Å²) in [4.78, 5) is 19.1. The number of nitrogens with one attached hydrogen (secondary N) is 1. The molecule has 0 saturated heterocycles. The summed E-state index contributed by atoms with van der Waals surface area (Å²) in [7, 11) is 1.92. The van der Waals surface area contributed by atoms with Gasteiger partial charge in [0.05, 0.1) is 25.6 Å². The molecule has 0 aliphatic rings. The van der Waals surface area contributed by atoms with Crippen LogP contribution >= 0.6 is 0 Å². The number of imidazole rings is 1. The van der Waals surface area contributed by atoms with Crippen molar-refractivity contribution in [3.8, 4) is 0 Å². The molecule has 0 radical (unpaired) electrons. The first-order valence-corrected chi connectivity index (χ1v) is 21.9. The van der Waals surface area contributed by atoms with Gasteiger partial charge in [0.15, 0.2) is 0 Å². The molecule has 7 heteroatoms. The summed E-state index contributed by atoms with van der Waals surface area (Å²) >= 11 is 0. The fourth-order valence-corrected chi connectivity index (χ4v) is 6.97. The summed E-state index contributed by atoms with van der Waals surface area (Å²) < 4.78 is 7.86. The van der Waals surface area contributed by atoms with Gasteiger partial charge in [0.25, 0.3) is 0 Å². The lowest BCUT2D eigenvalue weighted by Crippen LogP contribution is -2.43. The Morgan fingerprint density at radius 3 is 1.44 bits per heavy atom. The van der Waals surface area contributed by atoms with Crippen LogP contribution in [-0.2, 0) is 23.0 Å². The van der Waals surface area contributed by atoms with Gasteiger partial charge in [-0.2, -0.15) is 0 Å². The monoisotopic (exact) mass is 704 g/mol. The van der Waals surface area contributed by atoms with Gasteiger partial charge in [-0.25, -0.2) is 4.98 Å². The summed E-state index contributed by atoms with van der Waals surface area (Å²) in [5.74, 6) is -0.132. The molecule has 1 atom stereocenters. The normalized spacial score (nSPS) is 12.3. The van der Waals surface area contributed by atoms with Crippen molar-refractivity contribution in [1.82, 2.24) is 19.8 Å². The van der Waals surface area contributed by atoms with E-state index in [9.17, 15) is 4.79 Å². The van der Waals surface area contributed by atoms with Crippen molar-refractivity contribution >= 4 is 5.91 Å². The molecule has 1 heterocycles. The van der Waals surface area contributed by atoms with Crippen molar-refractivity contribution in [3.63, 3.8) is 0 Å². The lowest BCUT2D eigenvalue weighted by atomic mass is 10.0. The molecule has 50 heavy (non-hydrogen) atoms. The molecule has 0 bridgehead atoms. The number of rotatable bonds is 39. The summed E-state index contributed by atoms with van der Waals surface area (Å²) in [5.41, 5.74) is 7.07. The molecule has 0 fully saturated rings. The van der Waals surface area contributed by atoms with Crippen LogP contribution < -0.4 is 11.1 Å². The number of unbranched alkanes of at least 4 members (excludes halogenated alkanes) is 26. The number of ether oxygens (including phenoxy) is 1. The first-order valence-electron chi connectivity index (χ1n) is 21.9. The fourth-order valence-electron chi connectivity index (χ4n) is 6.97. The first-order chi connectivity index (χ1) is 24.6. The van der Waals surface area contributed by atoms with Gasteiger partial charge >= 0.3 is 0 Å². The maximum absolute atomic E-state index is 12.4. The minimum atomic E-state index is -0.573. The molecule has 1 aromatic rings. The first kappa shape index (κ1) is 46.6. The largest absolute Gasteiger partial charge is 0.378 e. The van der Waals surface area contributed by atoms with E-state index < -0.39 is 6.04 Å². The quantitative estimate of drug-likeness (QED) is 0.0667. The molecular weight excluding hydrogens is 619 g/mol. The molecule has 1 unspecified atom stereocenters. The third-order valence-corrected chi connectivity index (χ3v) is 10.4. The standard InChI is InChI=1S/C43H85N5O2/c1-4-6-8-10-12-14-16-18-20-22-24-26-28-30-33-48(34-31-29-27-25-23-21-19-17-15-13-11-9-7-5-2)35-37-50-36-32-46-43(49)42(44)38-41-39-45-40-47(41)3/h39-40,42H,4-38,44H2,1-3H3,(H,46,49). The second-order valence-corrected chi connectivity index (χ2v) is 15.2. The third-order valence-electron chi connectivity index (χ3n) is 10.4. The number of carbonyl (C=O) groups excluding carboxylic acids is 1. The Bertz CT molecular complexity index is 815. The topological polar surface area (TPSA) is 85.4 Å². The average molecular weight is 704 g/mol. The lowest BCUT2D eigenvalue weighted by Gasteiger charge is -2.22. The Morgan fingerprint density at radius 1 is 0.660 bits per heavy atom. The van der Waals surface area contributed by atoms with Gasteiger partial charge in [0, 0.05) is 38.4 Å². The highest BCUT2D eigenvalue weighted by atomic mass is 16.5. The van der Waals surface area contributed by atoms with Gasteiger partial charge in [-0.05, 0) is 25.9 Å². The van der Waals surface area contributed by atoms with E-state index in [1.54, 1.807) is 12.5 Å². The number of carbonyl (C=O) groups is 1. The predicted octanol–water partition coefficient (Wildman–Crippen LogP) is 10.7. The van der Waals surface area contributed by atoms with Gasteiger partial charge < -0.3 is 25.3 Å².